The van der Waals surface area contributed by atoms with E-state index in [1.807, 2.05) is 0 Å². The van der Waals surface area contributed by atoms with Crippen LogP contribution in [0.2, 0.25) is 0 Å². The molecule has 0 bridgehead atoms. The number of halogens is 1. The summed E-state index contributed by atoms with van der Waals surface area (Å²) in [6, 6.07) is 5.14. The lowest BCUT2D eigenvalue weighted by molar-refractivity contribution is -0.113. The second-order valence-electron chi connectivity index (χ2n) is 3.60. The molecule has 2 rings (SSSR count). The Kier molecular flexibility index (Phi) is 4.49. The molecule has 0 aliphatic heterocycles. The van der Waals surface area contributed by atoms with Gasteiger partial charge in [-0.1, -0.05) is 27.3 Å². The van der Waals surface area contributed by atoms with E-state index in [0.29, 0.717) is 22.8 Å². The highest BCUT2D eigenvalue weighted by Crippen LogP contribution is 2.26. The number of aromatic nitrogens is 1. The molecule has 1 aromatic heterocycles. The molecule has 2 aromatic rings. The Morgan fingerprint density at radius 1 is 1.47 bits per heavy atom. The highest BCUT2D eigenvalue weighted by molar-refractivity contribution is 9.09. The SMILES string of the molecule is CCOC(=O)c1ccc2sc(NC(=O)CBr)nc2c1. The van der Waals surface area contributed by atoms with Crippen LogP contribution in [0.15, 0.2) is 18.2 Å². The monoisotopic (exact) mass is 342 g/mol. The summed E-state index contributed by atoms with van der Waals surface area (Å²) in [6.45, 7) is 2.09. The summed E-state index contributed by atoms with van der Waals surface area (Å²) >= 11 is 4.43. The summed E-state index contributed by atoms with van der Waals surface area (Å²) in [6.07, 6.45) is 0. The molecule has 0 aliphatic rings. The van der Waals surface area contributed by atoms with Crippen LogP contribution in [-0.4, -0.2) is 28.8 Å². The van der Waals surface area contributed by atoms with Crippen LogP contribution in [-0.2, 0) is 9.53 Å². The van der Waals surface area contributed by atoms with E-state index in [1.165, 1.54) is 11.3 Å². The molecule has 7 heteroatoms. The highest BCUT2D eigenvalue weighted by Gasteiger charge is 2.11. The third-order valence-electron chi connectivity index (χ3n) is 2.27. The van der Waals surface area contributed by atoms with Crippen LogP contribution in [0.5, 0.6) is 0 Å². The molecule has 0 radical (unpaired) electrons. The van der Waals surface area contributed by atoms with Crippen molar-refractivity contribution in [1.29, 1.82) is 0 Å². The van der Waals surface area contributed by atoms with Crippen LogP contribution >= 0.6 is 27.3 Å². The molecule has 0 aliphatic carbocycles. The van der Waals surface area contributed by atoms with Crippen molar-refractivity contribution >= 4 is 54.5 Å². The van der Waals surface area contributed by atoms with E-state index in [2.05, 4.69) is 26.2 Å². The van der Waals surface area contributed by atoms with E-state index in [-0.39, 0.29) is 17.2 Å². The van der Waals surface area contributed by atoms with Gasteiger partial charge in [0.25, 0.3) is 0 Å². The number of ether oxygens (including phenoxy) is 1. The minimum Gasteiger partial charge on any atom is -0.462 e. The highest BCUT2D eigenvalue weighted by atomic mass is 79.9. The summed E-state index contributed by atoms with van der Waals surface area (Å²) in [5.74, 6) is -0.534. The van der Waals surface area contributed by atoms with Crippen molar-refractivity contribution in [3.8, 4) is 0 Å². The molecule has 19 heavy (non-hydrogen) atoms. The largest absolute Gasteiger partial charge is 0.462 e. The molecule has 1 N–H and O–H groups in total. The average Bonchev–Trinajstić information content (AvgIpc) is 2.79. The topological polar surface area (TPSA) is 68.3 Å². The van der Waals surface area contributed by atoms with E-state index in [0.717, 1.165) is 4.70 Å². The van der Waals surface area contributed by atoms with Gasteiger partial charge in [-0.25, -0.2) is 9.78 Å². The smallest absolute Gasteiger partial charge is 0.338 e. The fraction of sp³-hybridized carbons (Fsp3) is 0.250. The first-order chi connectivity index (χ1) is 9.13. The van der Waals surface area contributed by atoms with Crippen molar-refractivity contribution in [1.82, 2.24) is 4.98 Å². The predicted octanol–water partition coefficient (Wildman–Crippen LogP) is 2.81. The molecule has 0 fully saturated rings. The van der Waals surface area contributed by atoms with Crippen molar-refractivity contribution in [3.63, 3.8) is 0 Å². The summed E-state index contributed by atoms with van der Waals surface area (Å²) in [5, 5.41) is 3.39. The van der Waals surface area contributed by atoms with Gasteiger partial charge in [-0.3, -0.25) is 4.79 Å². The molecule has 0 unspecified atom stereocenters. The van der Waals surface area contributed by atoms with Crippen LogP contribution < -0.4 is 5.32 Å². The first kappa shape index (κ1) is 14.0. The first-order valence-electron chi connectivity index (χ1n) is 5.57. The Labute approximate surface area is 122 Å². The van der Waals surface area contributed by atoms with Gasteiger partial charge in [-0.15, -0.1) is 0 Å². The molecule has 0 spiro atoms. The minimum atomic E-state index is -0.372. The third kappa shape index (κ3) is 3.30. The second kappa shape index (κ2) is 6.12. The molecule has 0 saturated carbocycles. The van der Waals surface area contributed by atoms with E-state index in [4.69, 9.17) is 4.74 Å². The fourth-order valence-electron chi connectivity index (χ4n) is 1.47. The molecular weight excluding hydrogens is 332 g/mol. The summed E-state index contributed by atoms with van der Waals surface area (Å²) < 4.78 is 5.83. The minimum absolute atomic E-state index is 0.162. The van der Waals surface area contributed by atoms with Crippen molar-refractivity contribution in [3.05, 3.63) is 23.8 Å². The van der Waals surface area contributed by atoms with Crippen LogP contribution in [0, 0.1) is 0 Å². The Morgan fingerprint density at radius 2 is 2.26 bits per heavy atom. The first-order valence-corrected chi connectivity index (χ1v) is 7.51. The Morgan fingerprint density at radius 3 is 2.95 bits per heavy atom. The number of nitrogens with one attached hydrogen (secondary N) is 1. The number of carbonyl (C=O) groups excluding carboxylic acids is 2. The van der Waals surface area contributed by atoms with Crippen LogP contribution in [0.3, 0.4) is 0 Å². The van der Waals surface area contributed by atoms with Crippen molar-refractivity contribution in [2.75, 3.05) is 17.3 Å². The molecular formula is C12H11BrN2O3S. The van der Waals surface area contributed by atoms with Crippen LogP contribution in [0.25, 0.3) is 10.2 Å². The molecule has 0 atom stereocenters. The number of hydrogen-bond acceptors (Lipinski definition) is 5. The quantitative estimate of drug-likeness (QED) is 0.685. The van der Waals surface area contributed by atoms with E-state index < -0.39 is 0 Å². The van der Waals surface area contributed by atoms with Gasteiger partial charge >= 0.3 is 5.97 Å². The summed E-state index contributed by atoms with van der Waals surface area (Å²) in [5.41, 5.74) is 1.12. The number of hydrogen-bond donors (Lipinski definition) is 1. The van der Waals surface area contributed by atoms with Gasteiger partial charge in [-0.05, 0) is 25.1 Å². The maximum Gasteiger partial charge on any atom is 0.338 e. The number of amides is 1. The zero-order valence-corrected chi connectivity index (χ0v) is 12.5. The van der Waals surface area contributed by atoms with Crippen LogP contribution in [0.1, 0.15) is 17.3 Å². The van der Waals surface area contributed by atoms with Gasteiger partial charge in [0.1, 0.15) is 0 Å². The lowest BCUT2D eigenvalue weighted by Gasteiger charge is -2.00. The van der Waals surface area contributed by atoms with E-state index >= 15 is 0 Å². The van der Waals surface area contributed by atoms with Gasteiger partial charge in [0.05, 0.1) is 27.7 Å². The Bertz CT molecular complexity index is 626. The van der Waals surface area contributed by atoms with Crippen molar-refractivity contribution in [2.45, 2.75) is 6.92 Å². The fourth-order valence-corrected chi connectivity index (χ4v) is 2.48. The maximum absolute atomic E-state index is 11.6. The number of anilines is 1. The molecule has 1 amide bonds. The predicted molar refractivity (Wildman–Crippen MR) is 78.0 cm³/mol. The maximum atomic E-state index is 11.6. The zero-order chi connectivity index (χ0) is 13.8. The van der Waals surface area contributed by atoms with E-state index in [9.17, 15) is 9.59 Å². The van der Waals surface area contributed by atoms with E-state index in [1.54, 1.807) is 25.1 Å². The lowest BCUT2D eigenvalue weighted by atomic mass is 10.2. The molecule has 1 aromatic carbocycles. The number of esters is 1. The van der Waals surface area contributed by atoms with Gasteiger partial charge < -0.3 is 10.1 Å². The van der Waals surface area contributed by atoms with Gasteiger partial charge in [0, 0.05) is 0 Å². The second-order valence-corrected chi connectivity index (χ2v) is 5.20. The van der Waals surface area contributed by atoms with Gasteiger partial charge in [0.15, 0.2) is 5.13 Å². The molecule has 0 saturated heterocycles. The normalized spacial score (nSPS) is 10.4. The summed E-state index contributed by atoms with van der Waals surface area (Å²) in [4.78, 5) is 27.1. The van der Waals surface area contributed by atoms with Crippen LogP contribution in [0.4, 0.5) is 5.13 Å². The number of benzene rings is 1. The number of nitrogens with zero attached hydrogens (tertiary/aromatic N) is 1. The third-order valence-corrected chi connectivity index (χ3v) is 3.73. The molecule has 100 valence electrons. The standard InChI is InChI=1S/C12H11BrN2O3S/c1-2-18-11(17)7-3-4-9-8(5-7)14-12(19-9)15-10(16)6-13/h3-5H,2,6H2,1H3,(H,14,15,16). The number of carbonyl (C=O) groups is 2. The molecule has 5 nitrogen and oxygen atoms in total. The van der Waals surface area contributed by atoms with Crippen molar-refractivity contribution < 1.29 is 14.3 Å². The number of rotatable bonds is 4. The average molecular weight is 343 g/mol. The number of alkyl halides is 1. The zero-order valence-electron chi connectivity index (χ0n) is 10.1. The Balaban J connectivity index is 2.28. The van der Waals surface area contributed by atoms with Gasteiger partial charge in [0.2, 0.25) is 5.91 Å². The molecule has 1 heterocycles. The number of fused-ring (bicyclic) bond motifs is 1. The Hall–Kier alpha value is -1.47. The van der Waals surface area contributed by atoms with Gasteiger partial charge in [-0.2, -0.15) is 0 Å². The van der Waals surface area contributed by atoms with Crippen molar-refractivity contribution in [2.24, 2.45) is 0 Å². The number of thiazole rings is 1. The summed E-state index contributed by atoms with van der Waals surface area (Å²) in [7, 11) is 0. The lowest BCUT2D eigenvalue weighted by Crippen LogP contribution is -2.11.